The molecule has 0 spiro atoms. The molecule has 6 heteroatoms. The van der Waals surface area contributed by atoms with Crippen LogP contribution in [0.5, 0.6) is 0 Å². The number of benzene rings is 1. The Bertz CT molecular complexity index is 502. The van der Waals surface area contributed by atoms with Gasteiger partial charge in [0.2, 0.25) is 5.91 Å². The average Bonchev–Trinajstić information content (AvgIpc) is 2.44. The Morgan fingerprint density at radius 3 is 2.23 bits per heavy atom. The van der Waals surface area contributed by atoms with Crippen LogP contribution < -0.4 is 40.0 Å². The Kier molecular flexibility index (Phi) is 9.98. The number of hydrogen-bond donors (Lipinski definition) is 1. The van der Waals surface area contributed by atoms with Crippen LogP contribution in [0.3, 0.4) is 0 Å². The fourth-order valence-corrected chi connectivity index (χ4v) is 1.87. The number of hydrogen-bond acceptors (Lipinski definition) is 4. The minimum Gasteiger partial charge on any atom is -0.550 e. The number of amides is 1. The summed E-state index contributed by atoms with van der Waals surface area (Å²) < 4.78 is 0. The van der Waals surface area contributed by atoms with Crippen molar-refractivity contribution in [2.24, 2.45) is 11.8 Å². The maximum Gasteiger partial charge on any atom is 1.00 e. The molecule has 1 N–H and O–H groups in total. The molecule has 1 aromatic rings. The first-order valence-corrected chi connectivity index (χ1v) is 6.94. The molecule has 1 rings (SSSR count). The molecule has 1 amide bonds. The maximum atomic E-state index is 11.8. The Morgan fingerprint density at radius 2 is 1.73 bits per heavy atom. The first kappa shape index (κ1) is 20.8. The molecule has 0 saturated heterocycles. The normalized spacial score (nSPS) is 11.4. The fraction of sp³-hybridized carbons (Fsp3) is 0.438. The van der Waals surface area contributed by atoms with Crippen LogP contribution in [0, 0.1) is 11.8 Å². The minimum atomic E-state index is -1.25. The third-order valence-electron chi connectivity index (χ3n) is 3.12. The summed E-state index contributed by atoms with van der Waals surface area (Å²) >= 11 is 0. The molecule has 0 aliphatic rings. The van der Waals surface area contributed by atoms with Gasteiger partial charge < -0.3 is 15.2 Å². The second kappa shape index (κ2) is 10.5. The van der Waals surface area contributed by atoms with Gasteiger partial charge in [0.25, 0.3) is 0 Å². The van der Waals surface area contributed by atoms with Crippen molar-refractivity contribution in [1.82, 2.24) is 5.32 Å². The van der Waals surface area contributed by atoms with E-state index in [9.17, 15) is 19.5 Å². The first-order valence-electron chi connectivity index (χ1n) is 6.94. The standard InChI is InChI=1S/C16H21NO4.Na/c1-11(2)15(19)17-10-14(18)9-13(16(20)21)8-12-6-4-3-5-7-12;/h3-7,11,13H,8-10H2,1-2H3,(H,17,19)(H,20,21);/q;+1/p-1. The van der Waals surface area contributed by atoms with Crippen molar-refractivity contribution in [3.05, 3.63) is 35.9 Å². The molecule has 0 heterocycles. The smallest absolute Gasteiger partial charge is 0.550 e. The van der Waals surface area contributed by atoms with Crippen LogP contribution in [0.4, 0.5) is 0 Å². The van der Waals surface area contributed by atoms with E-state index >= 15 is 0 Å². The Morgan fingerprint density at radius 1 is 1.14 bits per heavy atom. The van der Waals surface area contributed by atoms with Crippen LogP contribution in [0.1, 0.15) is 25.8 Å². The van der Waals surface area contributed by atoms with Gasteiger partial charge in [0.15, 0.2) is 5.78 Å². The first-order chi connectivity index (χ1) is 9.90. The summed E-state index contributed by atoms with van der Waals surface area (Å²) in [6.45, 7) is 3.30. The molecule has 0 saturated carbocycles. The van der Waals surface area contributed by atoms with Crippen LogP contribution in [-0.4, -0.2) is 24.2 Å². The van der Waals surface area contributed by atoms with Gasteiger partial charge in [-0.1, -0.05) is 44.2 Å². The van der Waals surface area contributed by atoms with Crippen LogP contribution in [-0.2, 0) is 20.8 Å². The number of aliphatic carboxylic acids is 1. The molecule has 1 atom stereocenters. The molecule has 0 radical (unpaired) electrons. The van der Waals surface area contributed by atoms with Gasteiger partial charge in [-0.15, -0.1) is 0 Å². The van der Waals surface area contributed by atoms with E-state index in [0.29, 0.717) is 0 Å². The summed E-state index contributed by atoms with van der Waals surface area (Å²) in [5, 5.41) is 13.6. The topological polar surface area (TPSA) is 86.3 Å². The van der Waals surface area contributed by atoms with Crippen molar-refractivity contribution >= 4 is 17.7 Å². The molecule has 0 aliphatic heterocycles. The van der Waals surface area contributed by atoms with E-state index in [1.807, 2.05) is 18.2 Å². The van der Waals surface area contributed by atoms with Crippen molar-refractivity contribution in [3.63, 3.8) is 0 Å². The van der Waals surface area contributed by atoms with Crippen LogP contribution >= 0.6 is 0 Å². The van der Waals surface area contributed by atoms with Crippen LogP contribution in [0.25, 0.3) is 0 Å². The predicted octanol–water partition coefficient (Wildman–Crippen LogP) is -2.67. The predicted molar refractivity (Wildman–Crippen MR) is 76.1 cm³/mol. The zero-order chi connectivity index (χ0) is 15.8. The van der Waals surface area contributed by atoms with Gasteiger partial charge in [-0.2, -0.15) is 0 Å². The van der Waals surface area contributed by atoms with Crippen LogP contribution in [0.15, 0.2) is 30.3 Å². The summed E-state index contributed by atoms with van der Waals surface area (Å²) in [4.78, 5) is 34.3. The molecule has 0 aliphatic carbocycles. The second-order valence-corrected chi connectivity index (χ2v) is 5.32. The van der Waals surface area contributed by atoms with E-state index in [4.69, 9.17) is 0 Å². The maximum absolute atomic E-state index is 11.8. The van der Waals surface area contributed by atoms with E-state index in [-0.39, 0.29) is 66.6 Å². The number of rotatable bonds is 8. The number of ketones is 1. The zero-order valence-corrected chi connectivity index (χ0v) is 15.3. The molecule has 1 aromatic carbocycles. The summed E-state index contributed by atoms with van der Waals surface area (Å²) in [6.07, 6.45) is 0.0998. The number of carboxylic acid groups (broad SMARTS) is 1. The third-order valence-corrected chi connectivity index (χ3v) is 3.12. The van der Waals surface area contributed by atoms with E-state index < -0.39 is 11.9 Å². The molecule has 5 nitrogen and oxygen atoms in total. The molecule has 0 bridgehead atoms. The number of Topliss-reactive ketones (excluding diaryl/α,β-unsaturated/α-hetero) is 1. The molecular formula is C16H20NNaO4. The van der Waals surface area contributed by atoms with E-state index in [1.54, 1.807) is 26.0 Å². The Balaban J connectivity index is 0.00000441. The fourth-order valence-electron chi connectivity index (χ4n) is 1.87. The molecule has 1 unspecified atom stereocenters. The largest absolute Gasteiger partial charge is 1.00 e. The third kappa shape index (κ3) is 7.73. The minimum absolute atomic E-state index is 0. The zero-order valence-electron chi connectivity index (χ0n) is 13.3. The quantitative estimate of drug-likeness (QED) is 0.531. The molecule has 22 heavy (non-hydrogen) atoms. The summed E-state index contributed by atoms with van der Waals surface area (Å²) in [5.41, 5.74) is 0.839. The second-order valence-electron chi connectivity index (χ2n) is 5.32. The summed E-state index contributed by atoms with van der Waals surface area (Å²) in [5.74, 6) is -2.87. The van der Waals surface area contributed by atoms with Crippen molar-refractivity contribution in [2.75, 3.05) is 6.54 Å². The molecule has 114 valence electrons. The van der Waals surface area contributed by atoms with Gasteiger partial charge in [-0.25, -0.2) is 0 Å². The number of nitrogens with one attached hydrogen (secondary N) is 1. The number of carbonyl (C=O) groups is 3. The van der Waals surface area contributed by atoms with E-state index in [1.165, 1.54) is 0 Å². The van der Waals surface area contributed by atoms with Crippen molar-refractivity contribution in [2.45, 2.75) is 26.7 Å². The van der Waals surface area contributed by atoms with E-state index in [2.05, 4.69) is 5.32 Å². The van der Waals surface area contributed by atoms with Crippen molar-refractivity contribution in [1.29, 1.82) is 0 Å². The van der Waals surface area contributed by atoms with Gasteiger partial charge >= 0.3 is 29.6 Å². The molecular weight excluding hydrogens is 293 g/mol. The Hall–Kier alpha value is -1.17. The van der Waals surface area contributed by atoms with E-state index in [0.717, 1.165) is 5.56 Å². The van der Waals surface area contributed by atoms with Gasteiger partial charge in [0.1, 0.15) is 0 Å². The summed E-state index contributed by atoms with van der Waals surface area (Å²) in [7, 11) is 0. The van der Waals surface area contributed by atoms with Crippen LogP contribution in [0.2, 0.25) is 0 Å². The summed E-state index contributed by atoms with van der Waals surface area (Å²) in [6, 6.07) is 9.07. The van der Waals surface area contributed by atoms with Gasteiger partial charge in [0, 0.05) is 24.2 Å². The SMILES string of the molecule is CC(C)C(=O)NCC(=O)CC(Cc1ccccc1)C(=O)[O-].[Na+]. The van der Waals surface area contributed by atoms with Gasteiger partial charge in [0.05, 0.1) is 6.54 Å². The molecule has 0 fully saturated rings. The molecule has 0 aromatic heterocycles. The number of carbonyl (C=O) groups excluding carboxylic acids is 3. The Labute approximate surface area is 152 Å². The monoisotopic (exact) mass is 313 g/mol. The van der Waals surface area contributed by atoms with Gasteiger partial charge in [-0.05, 0) is 12.0 Å². The average molecular weight is 313 g/mol. The number of carboxylic acids is 1. The van der Waals surface area contributed by atoms with Crippen molar-refractivity contribution in [3.8, 4) is 0 Å². The van der Waals surface area contributed by atoms with Crippen molar-refractivity contribution < 1.29 is 49.0 Å². The van der Waals surface area contributed by atoms with Gasteiger partial charge in [-0.3, -0.25) is 9.59 Å².